The first-order chi connectivity index (χ1) is 10.3. The van der Waals surface area contributed by atoms with Crippen LogP contribution in [0.5, 0.6) is 5.75 Å². The molecular weight excluding hydrogens is 300 g/mol. The molecule has 0 spiro atoms. The summed E-state index contributed by atoms with van der Waals surface area (Å²) in [5.41, 5.74) is 2.07. The Morgan fingerprint density at radius 3 is 2.50 bits per heavy atom. The van der Waals surface area contributed by atoms with Crippen LogP contribution in [0.4, 0.5) is 0 Å². The molecule has 1 aromatic rings. The molecule has 1 heterocycles. The van der Waals surface area contributed by atoms with Crippen molar-refractivity contribution in [2.24, 2.45) is 4.99 Å². The van der Waals surface area contributed by atoms with Crippen LogP contribution in [0.25, 0.3) is 0 Å². The zero-order valence-corrected chi connectivity index (χ0v) is 14.7. The molecule has 0 fully saturated rings. The van der Waals surface area contributed by atoms with Gasteiger partial charge in [-0.05, 0) is 49.9 Å². The molecule has 22 heavy (non-hydrogen) atoms. The molecule has 0 aromatic heterocycles. The van der Waals surface area contributed by atoms with Gasteiger partial charge in [0.2, 0.25) is 0 Å². The first-order valence-corrected chi connectivity index (χ1v) is 9.04. The van der Waals surface area contributed by atoms with Crippen molar-refractivity contribution in [1.82, 2.24) is 4.31 Å². The van der Waals surface area contributed by atoms with Crippen molar-refractivity contribution in [2.75, 3.05) is 19.7 Å². The molecule has 2 rings (SSSR count). The van der Waals surface area contributed by atoms with Crippen LogP contribution in [0.2, 0.25) is 0 Å². The van der Waals surface area contributed by atoms with Crippen LogP contribution in [0.3, 0.4) is 0 Å². The molecule has 1 aliphatic heterocycles. The van der Waals surface area contributed by atoms with Crippen LogP contribution >= 0.6 is 0 Å². The molecule has 0 aliphatic carbocycles. The number of hydrogen-bond donors (Lipinski definition) is 0. The summed E-state index contributed by atoms with van der Waals surface area (Å²) in [6.45, 7) is 11.0. The van der Waals surface area contributed by atoms with Crippen LogP contribution in [-0.4, -0.2) is 38.3 Å². The summed E-state index contributed by atoms with van der Waals surface area (Å²) >= 11 is 0. The van der Waals surface area contributed by atoms with E-state index in [4.69, 9.17) is 4.74 Å². The Morgan fingerprint density at radius 1 is 1.32 bits per heavy atom. The monoisotopic (exact) mass is 324 g/mol. The van der Waals surface area contributed by atoms with Crippen molar-refractivity contribution in [2.45, 2.75) is 45.4 Å². The van der Waals surface area contributed by atoms with Gasteiger partial charge in [-0.15, -0.1) is 0 Å². The maximum atomic E-state index is 13.0. The van der Waals surface area contributed by atoms with Gasteiger partial charge >= 0.3 is 0 Å². The minimum absolute atomic E-state index is 0.236. The Balaban J connectivity index is 2.61. The van der Waals surface area contributed by atoms with Crippen molar-refractivity contribution in [3.63, 3.8) is 0 Å². The zero-order valence-electron chi connectivity index (χ0n) is 13.9. The highest BCUT2D eigenvalue weighted by molar-refractivity contribution is 7.89. The van der Waals surface area contributed by atoms with Crippen molar-refractivity contribution in [1.29, 1.82) is 0 Å². The maximum absolute atomic E-state index is 13.0. The zero-order chi connectivity index (χ0) is 16.5. The van der Waals surface area contributed by atoms with Crippen LogP contribution in [-0.2, 0) is 10.0 Å². The second kappa shape index (κ2) is 6.28. The summed E-state index contributed by atoms with van der Waals surface area (Å²) in [6, 6.07) is 3.58. The average Bonchev–Trinajstić information content (AvgIpc) is 2.85. The summed E-state index contributed by atoms with van der Waals surface area (Å²) in [4.78, 5) is 4.42. The molecule has 0 unspecified atom stereocenters. The molecule has 0 saturated heterocycles. The van der Waals surface area contributed by atoms with Crippen molar-refractivity contribution in [3.05, 3.63) is 23.3 Å². The fourth-order valence-electron chi connectivity index (χ4n) is 2.73. The Labute approximate surface area is 133 Å². The topological polar surface area (TPSA) is 59.0 Å². The Bertz CT molecular complexity index is 694. The van der Waals surface area contributed by atoms with E-state index in [1.807, 2.05) is 19.9 Å². The number of hydrogen-bond acceptors (Lipinski definition) is 4. The highest BCUT2D eigenvalue weighted by atomic mass is 32.2. The summed E-state index contributed by atoms with van der Waals surface area (Å²) in [5.74, 6) is 1.20. The quantitative estimate of drug-likeness (QED) is 0.836. The standard InChI is InChI=1S/C16H24N2O3S/c1-6-21-15-9-12(4)14(11(2)3)10-16(15)22(19,20)18-8-7-17-13(18)5/h9-11H,6-8H2,1-5H3. The Morgan fingerprint density at radius 2 is 2.00 bits per heavy atom. The van der Waals surface area contributed by atoms with Crippen molar-refractivity contribution < 1.29 is 13.2 Å². The third-order valence-corrected chi connectivity index (χ3v) is 5.73. The van der Waals surface area contributed by atoms with Gasteiger partial charge in [0.15, 0.2) is 0 Å². The number of benzene rings is 1. The molecule has 1 aromatic carbocycles. The SMILES string of the molecule is CCOc1cc(C)c(C(C)C)cc1S(=O)(=O)N1CCN=C1C. The van der Waals surface area contributed by atoms with E-state index in [1.165, 1.54) is 4.31 Å². The summed E-state index contributed by atoms with van der Waals surface area (Å²) in [6.07, 6.45) is 0. The summed E-state index contributed by atoms with van der Waals surface area (Å²) < 4.78 is 32.9. The summed E-state index contributed by atoms with van der Waals surface area (Å²) in [5, 5.41) is 0. The lowest BCUT2D eigenvalue weighted by Crippen LogP contribution is -2.33. The minimum atomic E-state index is -3.64. The van der Waals surface area contributed by atoms with Gasteiger partial charge < -0.3 is 4.74 Å². The first kappa shape index (κ1) is 16.8. The van der Waals surface area contributed by atoms with E-state index in [0.717, 1.165) is 11.1 Å². The van der Waals surface area contributed by atoms with Crippen molar-refractivity contribution >= 4 is 15.9 Å². The van der Waals surface area contributed by atoms with Gasteiger partial charge in [-0.3, -0.25) is 9.30 Å². The largest absolute Gasteiger partial charge is 0.492 e. The summed E-state index contributed by atoms with van der Waals surface area (Å²) in [7, 11) is -3.64. The fraction of sp³-hybridized carbons (Fsp3) is 0.562. The molecule has 122 valence electrons. The Kier molecular flexibility index (Phi) is 4.80. The number of rotatable bonds is 5. The molecule has 0 saturated carbocycles. The third-order valence-electron chi connectivity index (χ3n) is 3.83. The van der Waals surface area contributed by atoms with E-state index in [0.29, 0.717) is 31.3 Å². The lowest BCUT2D eigenvalue weighted by Gasteiger charge is -2.22. The van der Waals surface area contributed by atoms with Gasteiger partial charge in [-0.1, -0.05) is 13.8 Å². The number of amidine groups is 1. The Hall–Kier alpha value is -1.56. The highest BCUT2D eigenvalue weighted by Gasteiger charge is 2.31. The first-order valence-electron chi connectivity index (χ1n) is 7.60. The number of nitrogens with zero attached hydrogens (tertiary/aromatic N) is 2. The molecule has 0 atom stereocenters. The van der Waals surface area contributed by atoms with Gasteiger partial charge in [0.05, 0.1) is 19.7 Å². The lowest BCUT2D eigenvalue weighted by molar-refractivity contribution is 0.330. The molecule has 5 nitrogen and oxygen atoms in total. The van der Waals surface area contributed by atoms with E-state index >= 15 is 0 Å². The smallest absolute Gasteiger partial charge is 0.268 e. The predicted octanol–water partition coefficient (Wildman–Crippen LogP) is 2.94. The molecule has 6 heteroatoms. The highest BCUT2D eigenvalue weighted by Crippen LogP contribution is 2.33. The third kappa shape index (κ3) is 2.97. The van der Waals surface area contributed by atoms with Gasteiger partial charge in [0, 0.05) is 0 Å². The maximum Gasteiger partial charge on any atom is 0.268 e. The van der Waals surface area contributed by atoms with E-state index < -0.39 is 10.0 Å². The van der Waals surface area contributed by atoms with E-state index in [1.54, 1.807) is 13.0 Å². The number of ether oxygens (including phenoxy) is 1. The second-order valence-corrected chi connectivity index (χ2v) is 7.58. The normalized spacial score (nSPS) is 15.4. The van der Waals surface area contributed by atoms with Crippen LogP contribution in [0.1, 0.15) is 44.7 Å². The molecule has 0 N–H and O–H groups in total. The number of sulfonamides is 1. The van der Waals surface area contributed by atoms with Crippen LogP contribution in [0, 0.1) is 6.92 Å². The molecule has 0 radical (unpaired) electrons. The van der Waals surface area contributed by atoms with Gasteiger partial charge in [0.1, 0.15) is 16.5 Å². The molecular formula is C16H24N2O3S. The predicted molar refractivity (Wildman–Crippen MR) is 88.3 cm³/mol. The van der Waals surface area contributed by atoms with E-state index in [-0.39, 0.29) is 10.8 Å². The number of aryl methyl sites for hydroxylation is 1. The van der Waals surface area contributed by atoms with Gasteiger partial charge in [0.25, 0.3) is 10.0 Å². The van der Waals surface area contributed by atoms with Crippen LogP contribution < -0.4 is 4.74 Å². The molecule has 0 amide bonds. The second-order valence-electron chi connectivity index (χ2n) is 5.75. The van der Waals surface area contributed by atoms with E-state index in [2.05, 4.69) is 18.8 Å². The lowest BCUT2D eigenvalue weighted by atomic mass is 9.98. The van der Waals surface area contributed by atoms with Gasteiger partial charge in [-0.25, -0.2) is 8.42 Å². The molecule has 0 bridgehead atoms. The van der Waals surface area contributed by atoms with Crippen molar-refractivity contribution in [3.8, 4) is 5.75 Å². The van der Waals surface area contributed by atoms with Gasteiger partial charge in [-0.2, -0.15) is 0 Å². The molecule has 1 aliphatic rings. The number of aliphatic imine (C=N–C) groups is 1. The average molecular weight is 324 g/mol. The fourth-order valence-corrected chi connectivity index (χ4v) is 4.34. The minimum Gasteiger partial charge on any atom is -0.492 e. The van der Waals surface area contributed by atoms with Crippen LogP contribution in [0.15, 0.2) is 22.0 Å². The van der Waals surface area contributed by atoms with E-state index in [9.17, 15) is 8.42 Å².